The minimum absolute atomic E-state index is 0.0194. The zero-order valence-corrected chi connectivity index (χ0v) is 11.9. The van der Waals surface area contributed by atoms with E-state index >= 15 is 0 Å². The molecule has 9 heteroatoms. The van der Waals surface area contributed by atoms with Gasteiger partial charge in [0.1, 0.15) is 11.5 Å². The van der Waals surface area contributed by atoms with E-state index in [0.29, 0.717) is 11.1 Å². The summed E-state index contributed by atoms with van der Waals surface area (Å²) >= 11 is 0. The quantitative estimate of drug-likeness (QED) is 0.760. The summed E-state index contributed by atoms with van der Waals surface area (Å²) in [4.78, 5) is 10.9. The number of nitrogens with one attached hydrogen (secondary N) is 2. The molecule has 0 aliphatic heterocycles. The van der Waals surface area contributed by atoms with Crippen LogP contribution in [-0.4, -0.2) is 24.5 Å². The van der Waals surface area contributed by atoms with Crippen molar-refractivity contribution >= 4 is 21.7 Å². The summed E-state index contributed by atoms with van der Waals surface area (Å²) in [6.07, 6.45) is 0. The smallest absolute Gasteiger partial charge is 0.266 e. The first kappa shape index (κ1) is 15.0. The lowest BCUT2D eigenvalue weighted by molar-refractivity contribution is 0.0995. The van der Waals surface area contributed by atoms with Crippen LogP contribution in [0.25, 0.3) is 0 Å². The van der Waals surface area contributed by atoms with Gasteiger partial charge in [-0.15, -0.1) is 0 Å². The summed E-state index contributed by atoms with van der Waals surface area (Å²) in [5.41, 5.74) is 5.73. The second kappa shape index (κ2) is 5.52. The second-order valence-electron chi connectivity index (χ2n) is 4.48. The summed E-state index contributed by atoms with van der Waals surface area (Å²) in [5, 5.41) is 5.90. The Morgan fingerprint density at radius 2 is 2.14 bits per heavy atom. The minimum atomic E-state index is -3.78. The molecule has 4 N–H and O–H groups in total. The van der Waals surface area contributed by atoms with E-state index in [1.165, 1.54) is 18.2 Å². The van der Waals surface area contributed by atoms with Gasteiger partial charge in [0.05, 0.1) is 5.75 Å². The molecule has 0 radical (unpaired) electrons. The minimum Gasteiger partial charge on any atom is -0.364 e. The molecule has 0 saturated carbocycles. The highest BCUT2D eigenvalue weighted by Crippen LogP contribution is 2.14. The molecule has 1 heterocycles. The van der Waals surface area contributed by atoms with Crippen LogP contribution in [0.2, 0.25) is 0 Å². The second-order valence-corrected chi connectivity index (χ2v) is 6.20. The summed E-state index contributed by atoms with van der Waals surface area (Å²) in [6.45, 7) is 1.58. The Kier molecular flexibility index (Phi) is 3.94. The van der Waals surface area contributed by atoms with Crippen molar-refractivity contribution in [1.29, 1.82) is 0 Å². The molecule has 7 nitrogen and oxygen atoms in total. The maximum atomic E-state index is 13.4. The van der Waals surface area contributed by atoms with Crippen molar-refractivity contribution in [2.45, 2.75) is 12.7 Å². The van der Waals surface area contributed by atoms with Crippen LogP contribution < -0.4 is 10.5 Å². The van der Waals surface area contributed by atoms with Gasteiger partial charge in [-0.2, -0.15) is 5.10 Å². The van der Waals surface area contributed by atoms with Gasteiger partial charge < -0.3 is 5.73 Å². The molecule has 0 spiro atoms. The zero-order chi connectivity index (χ0) is 15.6. The van der Waals surface area contributed by atoms with Crippen molar-refractivity contribution in [3.8, 4) is 0 Å². The molecule has 0 aliphatic carbocycles. The Morgan fingerprint density at radius 3 is 2.71 bits per heavy atom. The highest BCUT2D eigenvalue weighted by molar-refractivity contribution is 7.91. The molecule has 2 aromatic rings. The summed E-state index contributed by atoms with van der Waals surface area (Å²) in [6, 6.07) is 5.36. The van der Waals surface area contributed by atoms with Crippen LogP contribution in [0.4, 0.5) is 10.2 Å². The number of aromatic nitrogens is 2. The van der Waals surface area contributed by atoms with Crippen LogP contribution in [0, 0.1) is 12.7 Å². The van der Waals surface area contributed by atoms with Crippen molar-refractivity contribution in [3.05, 3.63) is 46.9 Å². The van der Waals surface area contributed by atoms with Crippen molar-refractivity contribution in [2.75, 3.05) is 4.72 Å². The molecule has 21 heavy (non-hydrogen) atoms. The standard InChI is InChI=1S/C12H13FN4O3S/c1-7-2-3-8(4-9(7)13)6-21(19,20)17-11-5-10(12(14)18)15-16-11/h2-5H,6H2,1H3,(H2,14,18)(H2,15,16,17). The first-order chi connectivity index (χ1) is 9.77. The average Bonchev–Trinajstić information content (AvgIpc) is 2.81. The number of sulfonamides is 1. The zero-order valence-electron chi connectivity index (χ0n) is 11.1. The maximum absolute atomic E-state index is 13.4. The summed E-state index contributed by atoms with van der Waals surface area (Å²) in [7, 11) is -3.78. The Balaban J connectivity index is 2.14. The van der Waals surface area contributed by atoms with E-state index < -0.39 is 27.5 Å². The topological polar surface area (TPSA) is 118 Å². The van der Waals surface area contributed by atoms with Crippen molar-refractivity contribution in [3.63, 3.8) is 0 Å². The van der Waals surface area contributed by atoms with Gasteiger partial charge in [-0.3, -0.25) is 14.6 Å². The van der Waals surface area contributed by atoms with Gasteiger partial charge in [-0.1, -0.05) is 12.1 Å². The van der Waals surface area contributed by atoms with Crippen molar-refractivity contribution < 1.29 is 17.6 Å². The number of amides is 1. The number of rotatable bonds is 5. The van der Waals surface area contributed by atoms with Gasteiger partial charge >= 0.3 is 0 Å². The molecular weight excluding hydrogens is 299 g/mol. The normalized spacial score (nSPS) is 11.3. The fourth-order valence-corrected chi connectivity index (χ4v) is 2.75. The van der Waals surface area contributed by atoms with Crippen molar-refractivity contribution in [1.82, 2.24) is 10.2 Å². The number of benzene rings is 1. The predicted octanol–water partition coefficient (Wildman–Crippen LogP) is 0.898. The summed E-state index contributed by atoms with van der Waals surface area (Å²) in [5.74, 6) is -1.70. The third kappa shape index (κ3) is 3.78. The van der Waals surface area contributed by atoms with Gasteiger partial charge in [-0.25, -0.2) is 12.8 Å². The fraction of sp³-hybridized carbons (Fsp3) is 0.167. The number of carbonyl (C=O) groups excluding carboxylic acids is 1. The lowest BCUT2D eigenvalue weighted by Crippen LogP contribution is -2.15. The van der Waals surface area contributed by atoms with E-state index in [9.17, 15) is 17.6 Å². The molecule has 0 saturated heterocycles. The number of primary amides is 1. The number of halogens is 1. The third-order valence-electron chi connectivity index (χ3n) is 2.70. The molecule has 0 unspecified atom stereocenters. The Bertz CT molecular complexity index is 786. The van der Waals surface area contributed by atoms with E-state index in [-0.39, 0.29) is 11.5 Å². The number of aromatic amines is 1. The number of H-pyrrole nitrogens is 1. The highest BCUT2D eigenvalue weighted by atomic mass is 32.2. The number of aryl methyl sites for hydroxylation is 1. The molecule has 0 atom stereocenters. The number of hydrogen-bond acceptors (Lipinski definition) is 4. The predicted molar refractivity (Wildman–Crippen MR) is 74.5 cm³/mol. The van der Waals surface area contributed by atoms with E-state index in [0.717, 1.165) is 6.07 Å². The number of nitrogens with zero attached hydrogens (tertiary/aromatic N) is 1. The average molecular weight is 312 g/mol. The van der Waals surface area contributed by atoms with Crippen molar-refractivity contribution in [2.24, 2.45) is 5.73 Å². The third-order valence-corrected chi connectivity index (χ3v) is 3.93. The first-order valence-electron chi connectivity index (χ1n) is 5.87. The fourth-order valence-electron chi connectivity index (χ4n) is 1.64. The monoisotopic (exact) mass is 312 g/mol. The molecular formula is C12H13FN4O3S. The number of hydrogen-bond donors (Lipinski definition) is 3. The largest absolute Gasteiger partial charge is 0.364 e. The molecule has 2 rings (SSSR count). The molecule has 112 valence electrons. The van der Waals surface area contributed by atoms with Crippen LogP contribution in [0.5, 0.6) is 0 Å². The van der Waals surface area contributed by atoms with Crippen LogP contribution in [0.1, 0.15) is 21.6 Å². The number of nitrogens with two attached hydrogens (primary N) is 1. The van der Waals surface area contributed by atoms with E-state index in [4.69, 9.17) is 5.73 Å². The number of anilines is 1. The van der Waals surface area contributed by atoms with Crippen LogP contribution >= 0.6 is 0 Å². The first-order valence-corrected chi connectivity index (χ1v) is 7.53. The van der Waals surface area contributed by atoms with Crippen LogP contribution in [0.15, 0.2) is 24.3 Å². The number of carbonyl (C=O) groups is 1. The Hall–Kier alpha value is -2.42. The molecule has 0 bridgehead atoms. The molecule has 0 fully saturated rings. The lowest BCUT2D eigenvalue weighted by Gasteiger charge is -2.06. The molecule has 1 amide bonds. The van der Waals surface area contributed by atoms with E-state index in [1.807, 2.05) is 0 Å². The van der Waals surface area contributed by atoms with Gasteiger partial charge in [0.15, 0.2) is 5.82 Å². The van der Waals surface area contributed by atoms with E-state index in [1.54, 1.807) is 6.92 Å². The van der Waals surface area contributed by atoms with Gasteiger partial charge in [0, 0.05) is 6.07 Å². The van der Waals surface area contributed by atoms with Gasteiger partial charge in [-0.05, 0) is 24.1 Å². The molecule has 0 aliphatic rings. The SMILES string of the molecule is Cc1ccc(CS(=O)(=O)Nc2cc(C(N)=O)[nH]n2)cc1F. The lowest BCUT2D eigenvalue weighted by atomic mass is 10.2. The van der Waals surface area contributed by atoms with Crippen LogP contribution in [0.3, 0.4) is 0 Å². The summed E-state index contributed by atoms with van der Waals surface area (Å²) < 4.78 is 39.4. The van der Waals surface area contributed by atoms with Gasteiger partial charge in [0.2, 0.25) is 10.0 Å². The Morgan fingerprint density at radius 1 is 1.43 bits per heavy atom. The highest BCUT2D eigenvalue weighted by Gasteiger charge is 2.15. The Labute approximate surface area is 120 Å². The molecule has 1 aromatic heterocycles. The van der Waals surface area contributed by atoms with Crippen LogP contribution in [-0.2, 0) is 15.8 Å². The molecule has 1 aromatic carbocycles. The van der Waals surface area contributed by atoms with E-state index in [2.05, 4.69) is 14.9 Å². The van der Waals surface area contributed by atoms with Gasteiger partial charge in [0.25, 0.3) is 5.91 Å². The maximum Gasteiger partial charge on any atom is 0.266 e.